The maximum absolute atomic E-state index is 6.57. The highest BCUT2D eigenvalue weighted by molar-refractivity contribution is 5.85. The lowest BCUT2D eigenvalue weighted by molar-refractivity contribution is -0.0260. The standard InChI is InChI=1S/C16H20N2O/c1-19-16(8-2-3-9-16)15(17)14-6-4-5-12-11-18-10-7-13(12)14/h4-7,10-11,15H,2-3,8-9,17H2,1H3. The van der Waals surface area contributed by atoms with Crippen molar-refractivity contribution in [1.82, 2.24) is 4.98 Å². The molecule has 1 aliphatic carbocycles. The molecule has 0 saturated heterocycles. The van der Waals surface area contributed by atoms with Gasteiger partial charge in [0.25, 0.3) is 0 Å². The first-order valence-corrected chi connectivity index (χ1v) is 6.90. The number of rotatable bonds is 3. The fourth-order valence-electron chi connectivity index (χ4n) is 3.32. The Morgan fingerprint density at radius 1 is 1.26 bits per heavy atom. The zero-order valence-electron chi connectivity index (χ0n) is 11.3. The maximum Gasteiger partial charge on any atom is 0.0870 e. The summed E-state index contributed by atoms with van der Waals surface area (Å²) in [4.78, 5) is 4.18. The van der Waals surface area contributed by atoms with E-state index in [0.717, 1.165) is 18.2 Å². The van der Waals surface area contributed by atoms with E-state index in [4.69, 9.17) is 10.5 Å². The number of pyridine rings is 1. The highest BCUT2D eigenvalue weighted by Crippen LogP contribution is 2.42. The first kappa shape index (κ1) is 12.6. The van der Waals surface area contributed by atoms with Gasteiger partial charge < -0.3 is 10.5 Å². The largest absolute Gasteiger partial charge is 0.376 e. The summed E-state index contributed by atoms with van der Waals surface area (Å²) >= 11 is 0. The monoisotopic (exact) mass is 256 g/mol. The predicted molar refractivity (Wildman–Crippen MR) is 76.9 cm³/mol. The van der Waals surface area contributed by atoms with Gasteiger partial charge in [-0.05, 0) is 29.9 Å². The molecule has 1 aromatic carbocycles. The highest BCUT2D eigenvalue weighted by Gasteiger charge is 2.40. The average Bonchev–Trinajstić information content (AvgIpc) is 2.96. The molecule has 1 aliphatic rings. The summed E-state index contributed by atoms with van der Waals surface area (Å²) in [5.74, 6) is 0. The molecule has 0 bridgehead atoms. The third-order valence-corrected chi connectivity index (χ3v) is 4.47. The summed E-state index contributed by atoms with van der Waals surface area (Å²) in [7, 11) is 1.79. The Balaban J connectivity index is 2.08. The first-order chi connectivity index (χ1) is 9.27. The summed E-state index contributed by atoms with van der Waals surface area (Å²) in [6.07, 6.45) is 8.21. The molecule has 1 fully saturated rings. The number of aromatic nitrogens is 1. The zero-order valence-corrected chi connectivity index (χ0v) is 11.3. The Morgan fingerprint density at radius 3 is 2.79 bits per heavy atom. The van der Waals surface area contributed by atoms with Crippen LogP contribution in [0.3, 0.4) is 0 Å². The highest BCUT2D eigenvalue weighted by atomic mass is 16.5. The Bertz CT molecular complexity index is 570. The van der Waals surface area contributed by atoms with Crippen molar-refractivity contribution in [2.45, 2.75) is 37.3 Å². The van der Waals surface area contributed by atoms with E-state index in [1.807, 2.05) is 18.5 Å². The minimum absolute atomic E-state index is 0.0777. The van der Waals surface area contributed by atoms with Crippen LogP contribution in [-0.4, -0.2) is 17.7 Å². The van der Waals surface area contributed by atoms with Crippen LogP contribution < -0.4 is 5.73 Å². The van der Waals surface area contributed by atoms with Gasteiger partial charge in [-0.3, -0.25) is 4.98 Å². The maximum atomic E-state index is 6.57. The van der Waals surface area contributed by atoms with E-state index in [-0.39, 0.29) is 11.6 Å². The normalized spacial score (nSPS) is 19.7. The molecular formula is C16H20N2O. The van der Waals surface area contributed by atoms with E-state index < -0.39 is 0 Å². The van der Waals surface area contributed by atoms with Crippen LogP contribution in [0.25, 0.3) is 10.8 Å². The number of hydrogen-bond acceptors (Lipinski definition) is 3. The van der Waals surface area contributed by atoms with Crippen LogP contribution in [0, 0.1) is 0 Å². The summed E-state index contributed by atoms with van der Waals surface area (Å²) in [6.45, 7) is 0. The molecule has 0 radical (unpaired) electrons. The van der Waals surface area contributed by atoms with Gasteiger partial charge in [0, 0.05) is 24.9 Å². The van der Waals surface area contributed by atoms with E-state index >= 15 is 0 Å². The van der Waals surface area contributed by atoms with Crippen LogP contribution in [0.2, 0.25) is 0 Å². The van der Waals surface area contributed by atoms with Gasteiger partial charge in [-0.25, -0.2) is 0 Å². The topological polar surface area (TPSA) is 48.1 Å². The molecule has 0 amide bonds. The van der Waals surface area contributed by atoms with E-state index in [1.165, 1.54) is 23.8 Å². The van der Waals surface area contributed by atoms with E-state index in [1.54, 1.807) is 7.11 Å². The first-order valence-electron chi connectivity index (χ1n) is 6.90. The number of fused-ring (bicyclic) bond motifs is 1. The molecule has 0 spiro atoms. The molecule has 1 aromatic heterocycles. The number of methoxy groups -OCH3 is 1. The van der Waals surface area contributed by atoms with Crippen molar-refractivity contribution in [3.63, 3.8) is 0 Å². The number of nitrogens with two attached hydrogens (primary N) is 1. The van der Waals surface area contributed by atoms with Crippen molar-refractivity contribution in [3.8, 4) is 0 Å². The van der Waals surface area contributed by atoms with Crippen molar-refractivity contribution >= 4 is 10.8 Å². The van der Waals surface area contributed by atoms with Crippen LogP contribution in [0.4, 0.5) is 0 Å². The van der Waals surface area contributed by atoms with Crippen molar-refractivity contribution in [3.05, 3.63) is 42.2 Å². The van der Waals surface area contributed by atoms with Gasteiger partial charge in [0.05, 0.1) is 11.6 Å². The molecule has 3 heteroatoms. The molecule has 1 atom stereocenters. The van der Waals surface area contributed by atoms with Crippen LogP contribution in [-0.2, 0) is 4.74 Å². The molecule has 1 heterocycles. The van der Waals surface area contributed by atoms with Crippen LogP contribution in [0.5, 0.6) is 0 Å². The second-order valence-corrected chi connectivity index (χ2v) is 5.40. The van der Waals surface area contributed by atoms with Crippen molar-refractivity contribution in [1.29, 1.82) is 0 Å². The van der Waals surface area contributed by atoms with Crippen molar-refractivity contribution in [2.75, 3.05) is 7.11 Å². The lowest BCUT2D eigenvalue weighted by Gasteiger charge is -2.34. The smallest absolute Gasteiger partial charge is 0.0870 e. The Hall–Kier alpha value is -1.45. The summed E-state index contributed by atoms with van der Waals surface area (Å²) in [5, 5.41) is 2.33. The summed E-state index contributed by atoms with van der Waals surface area (Å²) in [6, 6.07) is 8.21. The third kappa shape index (κ3) is 2.03. The molecular weight excluding hydrogens is 236 g/mol. The molecule has 100 valence electrons. The molecule has 1 unspecified atom stereocenters. The molecule has 3 rings (SSSR count). The Morgan fingerprint density at radius 2 is 2.05 bits per heavy atom. The van der Waals surface area contributed by atoms with Gasteiger partial charge >= 0.3 is 0 Å². The van der Waals surface area contributed by atoms with Gasteiger partial charge in [0.1, 0.15) is 0 Å². The average molecular weight is 256 g/mol. The minimum atomic E-state index is -0.197. The minimum Gasteiger partial charge on any atom is -0.376 e. The molecule has 2 aromatic rings. The quantitative estimate of drug-likeness (QED) is 0.917. The second kappa shape index (κ2) is 4.91. The van der Waals surface area contributed by atoms with Gasteiger partial charge in [0.2, 0.25) is 0 Å². The SMILES string of the molecule is COC1(C(N)c2cccc3cnccc23)CCCC1. The molecule has 2 N–H and O–H groups in total. The molecule has 1 saturated carbocycles. The zero-order chi connectivity index (χ0) is 13.3. The summed E-state index contributed by atoms with van der Waals surface area (Å²) in [5.41, 5.74) is 7.54. The fourth-order valence-corrected chi connectivity index (χ4v) is 3.32. The van der Waals surface area contributed by atoms with Gasteiger partial charge in [-0.15, -0.1) is 0 Å². The lowest BCUT2D eigenvalue weighted by Crippen LogP contribution is -2.40. The second-order valence-electron chi connectivity index (χ2n) is 5.40. The van der Waals surface area contributed by atoms with Crippen molar-refractivity contribution < 1.29 is 4.74 Å². The number of ether oxygens (including phenoxy) is 1. The molecule has 0 aliphatic heterocycles. The lowest BCUT2D eigenvalue weighted by atomic mass is 9.85. The van der Waals surface area contributed by atoms with Crippen LogP contribution in [0.1, 0.15) is 37.3 Å². The van der Waals surface area contributed by atoms with E-state index in [2.05, 4.69) is 23.2 Å². The fraction of sp³-hybridized carbons (Fsp3) is 0.438. The van der Waals surface area contributed by atoms with Gasteiger partial charge in [-0.2, -0.15) is 0 Å². The third-order valence-electron chi connectivity index (χ3n) is 4.47. The predicted octanol–water partition coefficient (Wildman–Crippen LogP) is 3.19. The van der Waals surface area contributed by atoms with E-state index in [0.29, 0.717) is 0 Å². The number of benzene rings is 1. The molecule has 19 heavy (non-hydrogen) atoms. The molecule has 3 nitrogen and oxygen atoms in total. The van der Waals surface area contributed by atoms with Gasteiger partial charge in [0.15, 0.2) is 0 Å². The Kier molecular flexibility index (Phi) is 3.25. The number of hydrogen-bond donors (Lipinski definition) is 1. The van der Waals surface area contributed by atoms with Crippen LogP contribution in [0.15, 0.2) is 36.7 Å². The van der Waals surface area contributed by atoms with Crippen molar-refractivity contribution in [2.24, 2.45) is 5.73 Å². The Labute approximate surface area is 113 Å². The van der Waals surface area contributed by atoms with Crippen LogP contribution >= 0.6 is 0 Å². The van der Waals surface area contributed by atoms with Gasteiger partial charge in [-0.1, -0.05) is 31.0 Å². The number of nitrogens with zero attached hydrogens (tertiary/aromatic N) is 1. The summed E-state index contributed by atoms with van der Waals surface area (Å²) < 4.78 is 5.82. The van der Waals surface area contributed by atoms with E-state index in [9.17, 15) is 0 Å².